The van der Waals surface area contributed by atoms with Crippen LogP contribution in [0, 0.1) is 0 Å². The van der Waals surface area contributed by atoms with Crippen LogP contribution in [0.4, 0.5) is 0 Å². The van der Waals surface area contributed by atoms with Gasteiger partial charge in [0, 0.05) is 6.08 Å². The van der Waals surface area contributed by atoms with Crippen LogP contribution in [0.2, 0.25) is 0 Å². The maximum absolute atomic E-state index is 10.7. The highest BCUT2D eigenvalue weighted by molar-refractivity contribution is 5.83. The van der Waals surface area contributed by atoms with Crippen LogP contribution in [0.15, 0.2) is 24.3 Å². The zero-order valence-electron chi connectivity index (χ0n) is 5.90. The molecule has 0 aromatic heterocycles. The lowest BCUT2D eigenvalue weighted by molar-refractivity contribution is -0.148. The van der Waals surface area contributed by atoms with Crippen molar-refractivity contribution in [2.24, 2.45) is 0 Å². The Morgan fingerprint density at radius 2 is 2.27 bits per heavy atom. The molecule has 0 aliphatic carbocycles. The van der Waals surface area contributed by atoms with Gasteiger partial charge in [0.25, 0.3) is 0 Å². The maximum atomic E-state index is 10.7. The smallest absolute Gasteiger partial charge is 0.331 e. The van der Waals surface area contributed by atoms with Crippen molar-refractivity contribution in [1.29, 1.82) is 0 Å². The summed E-state index contributed by atoms with van der Waals surface area (Å²) < 4.78 is 10.2. The van der Waals surface area contributed by atoms with Crippen LogP contribution in [-0.2, 0) is 14.3 Å². The Morgan fingerprint density at radius 3 is 3.18 bits per heavy atom. The Hall–Kier alpha value is -1.09. The third-order valence-electron chi connectivity index (χ3n) is 1.71. The van der Waals surface area contributed by atoms with Gasteiger partial charge in [-0.05, 0) is 12.2 Å². The Morgan fingerprint density at radius 1 is 1.36 bits per heavy atom. The lowest BCUT2D eigenvalue weighted by atomic mass is 10.1. The molecule has 58 valence electrons. The van der Waals surface area contributed by atoms with Gasteiger partial charge in [-0.15, -0.1) is 0 Å². The molecule has 0 spiro atoms. The molecule has 3 nitrogen and oxygen atoms in total. The van der Waals surface area contributed by atoms with Crippen molar-refractivity contribution in [2.45, 2.75) is 12.2 Å². The molecule has 0 fully saturated rings. The van der Waals surface area contributed by atoms with Gasteiger partial charge in [-0.2, -0.15) is 0 Å². The number of ether oxygens (including phenoxy) is 2. The topological polar surface area (TPSA) is 35.5 Å². The van der Waals surface area contributed by atoms with E-state index in [1.165, 1.54) is 6.08 Å². The number of carbonyl (C=O) groups excluding carboxylic acids is 1. The predicted molar refractivity (Wildman–Crippen MR) is 37.9 cm³/mol. The summed E-state index contributed by atoms with van der Waals surface area (Å²) in [6.45, 7) is 0.600. The van der Waals surface area contributed by atoms with Crippen molar-refractivity contribution in [3.8, 4) is 0 Å². The zero-order chi connectivity index (χ0) is 7.68. The highest BCUT2D eigenvalue weighted by Crippen LogP contribution is 2.16. The Bertz CT molecular complexity index is 229. The fourth-order valence-electron chi connectivity index (χ4n) is 1.18. The van der Waals surface area contributed by atoms with E-state index in [2.05, 4.69) is 0 Å². The molecule has 0 saturated carbocycles. The molecule has 2 aliphatic heterocycles. The van der Waals surface area contributed by atoms with Crippen LogP contribution in [-0.4, -0.2) is 24.8 Å². The normalized spacial score (nSPS) is 34.7. The monoisotopic (exact) mass is 152 g/mol. The summed E-state index contributed by atoms with van der Waals surface area (Å²) in [6.07, 6.45) is 6.57. The lowest BCUT2D eigenvalue weighted by Crippen LogP contribution is -2.35. The van der Waals surface area contributed by atoms with Crippen molar-refractivity contribution in [1.82, 2.24) is 0 Å². The highest BCUT2D eigenvalue weighted by Gasteiger charge is 2.26. The van der Waals surface area contributed by atoms with Crippen LogP contribution in [0.25, 0.3) is 0 Å². The molecule has 2 atom stereocenters. The third kappa shape index (κ3) is 1.19. The first kappa shape index (κ1) is 6.61. The molecule has 2 heterocycles. The molecule has 0 aromatic carbocycles. The summed E-state index contributed by atoms with van der Waals surface area (Å²) in [5.74, 6) is -0.290. The minimum atomic E-state index is -0.290. The van der Waals surface area contributed by atoms with Gasteiger partial charge in [0.05, 0.1) is 6.61 Å². The molecular weight excluding hydrogens is 144 g/mol. The molecule has 0 amide bonds. The first-order chi connectivity index (χ1) is 5.36. The van der Waals surface area contributed by atoms with Crippen LogP contribution >= 0.6 is 0 Å². The minimum Gasteiger partial charge on any atom is -0.452 e. The van der Waals surface area contributed by atoms with Gasteiger partial charge in [-0.1, -0.05) is 6.08 Å². The highest BCUT2D eigenvalue weighted by atomic mass is 16.6. The van der Waals surface area contributed by atoms with Crippen LogP contribution in [0.3, 0.4) is 0 Å². The van der Waals surface area contributed by atoms with E-state index in [4.69, 9.17) is 9.47 Å². The molecule has 0 saturated heterocycles. The average Bonchev–Trinajstić information content (AvgIpc) is 2.04. The fourth-order valence-corrected chi connectivity index (χ4v) is 1.18. The van der Waals surface area contributed by atoms with E-state index in [1.54, 1.807) is 6.08 Å². The standard InChI is InChI=1S/C8H8O3/c9-8-4-3-6-7(11-8)2-1-5-10-6/h1-4,6-7H,5H2/t6-,7-/m1/s1. The molecule has 2 aliphatic rings. The molecule has 0 bridgehead atoms. The van der Waals surface area contributed by atoms with E-state index in [-0.39, 0.29) is 18.2 Å². The summed E-state index contributed by atoms with van der Waals surface area (Å²) >= 11 is 0. The Labute approximate surface area is 64.3 Å². The van der Waals surface area contributed by atoms with E-state index >= 15 is 0 Å². The molecule has 0 unspecified atom stereocenters. The molecule has 11 heavy (non-hydrogen) atoms. The quantitative estimate of drug-likeness (QED) is 0.373. The van der Waals surface area contributed by atoms with Gasteiger partial charge in [-0.3, -0.25) is 0 Å². The fraction of sp³-hybridized carbons (Fsp3) is 0.375. The van der Waals surface area contributed by atoms with Crippen LogP contribution in [0.5, 0.6) is 0 Å². The minimum absolute atomic E-state index is 0.0716. The van der Waals surface area contributed by atoms with Crippen molar-refractivity contribution >= 4 is 5.97 Å². The lowest BCUT2D eigenvalue weighted by Gasteiger charge is -2.27. The number of hydrogen-bond acceptors (Lipinski definition) is 3. The van der Waals surface area contributed by atoms with Crippen LogP contribution < -0.4 is 0 Å². The molecule has 0 radical (unpaired) electrons. The van der Waals surface area contributed by atoms with E-state index in [0.717, 1.165) is 0 Å². The van der Waals surface area contributed by atoms with Gasteiger partial charge in [0.1, 0.15) is 6.10 Å². The number of esters is 1. The van der Waals surface area contributed by atoms with Gasteiger partial charge in [0.2, 0.25) is 0 Å². The van der Waals surface area contributed by atoms with Gasteiger partial charge < -0.3 is 9.47 Å². The van der Waals surface area contributed by atoms with Crippen molar-refractivity contribution in [3.63, 3.8) is 0 Å². The summed E-state index contributed by atoms with van der Waals surface area (Å²) in [5.41, 5.74) is 0. The van der Waals surface area contributed by atoms with Crippen molar-refractivity contribution < 1.29 is 14.3 Å². The largest absolute Gasteiger partial charge is 0.452 e. The van der Waals surface area contributed by atoms with Gasteiger partial charge in [-0.25, -0.2) is 4.79 Å². The first-order valence-electron chi connectivity index (χ1n) is 3.53. The van der Waals surface area contributed by atoms with E-state index < -0.39 is 0 Å². The molecule has 3 heteroatoms. The predicted octanol–water partition coefficient (Wildman–Crippen LogP) is 0.423. The Kier molecular flexibility index (Phi) is 1.51. The summed E-state index contributed by atoms with van der Waals surface area (Å²) in [7, 11) is 0. The number of carbonyl (C=O) groups is 1. The van der Waals surface area contributed by atoms with Crippen LogP contribution in [0.1, 0.15) is 0 Å². The molecule has 0 aromatic rings. The Balaban J connectivity index is 2.20. The molecule has 2 rings (SSSR count). The summed E-state index contributed by atoms with van der Waals surface area (Å²) in [5, 5.41) is 0. The number of fused-ring (bicyclic) bond motifs is 1. The van der Waals surface area contributed by atoms with E-state index in [1.807, 2.05) is 12.2 Å². The second-order valence-corrected chi connectivity index (χ2v) is 2.49. The summed E-state index contributed by atoms with van der Waals surface area (Å²) in [4.78, 5) is 10.7. The molecule has 0 N–H and O–H groups in total. The summed E-state index contributed by atoms with van der Waals surface area (Å²) in [6, 6.07) is 0. The SMILES string of the molecule is O=C1C=C[C@H]2OCC=C[C@H]2O1. The van der Waals surface area contributed by atoms with E-state index in [0.29, 0.717) is 6.61 Å². The number of hydrogen-bond donors (Lipinski definition) is 0. The zero-order valence-corrected chi connectivity index (χ0v) is 5.90. The third-order valence-corrected chi connectivity index (χ3v) is 1.71. The molecular formula is C8H8O3. The second-order valence-electron chi connectivity index (χ2n) is 2.49. The number of rotatable bonds is 0. The van der Waals surface area contributed by atoms with E-state index in [9.17, 15) is 4.79 Å². The second kappa shape index (κ2) is 2.51. The van der Waals surface area contributed by atoms with Crippen molar-refractivity contribution in [3.05, 3.63) is 24.3 Å². The first-order valence-corrected chi connectivity index (χ1v) is 3.53. The van der Waals surface area contributed by atoms with Gasteiger partial charge in [0.15, 0.2) is 6.10 Å². The average molecular weight is 152 g/mol. The van der Waals surface area contributed by atoms with Crippen molar-refractivity contribution in [2.75, 3.05) is 6.61 Å². The maximum Gasteiger partial charge on any atom is 0.331 e. The van der Waals surface area contributed by atoms with Gasteiger partial charge >= 0.3 is 5.97 Å².